The molecule has 9 N–H and O–H groups in total. The Labute approximate surface area is 503 Å². The van der Waals surface area contributed by atoms with Crippen LogP contribution in [0.1, 0.15) is 251 Å². The molecule has 12 unspecified atom stereocenters. The van der Waals surface area contributed by atoms with Crippen molar-refractivity contribution in [3.8, 4) is 0 Å². The lowest BCUT2D eigenvalue weighted by Crippen LogP contribution is -2.65. The summed E-state index contributed by atoms with van der Waals surface area (Å²) in [7, 11) is 0. The van der Waals surface area contributed by atoms with E-state index in [2.05, 4.69) is 92.1 Å². The SMILES string of the molecule is CC/C=C\C/C=C\C/C=C\C/C=C\C/C=C\C/C=C\CCCCC(=O)NC(COC1OC(CO)C(OC2OC(CO)C(O)C(O)C2O)C(O)C1O)C(O)/C=C/CCCCCCCCCCCCCCCCCCCCCCCCCCCC. The molecule has 2 aliphatic rings. The van der Waals surface area contributed by atoms with Crippen LogP contribution in [0.4, 0.5) is 0 Å². The summed E-state index contributed by atoms with van der Waals surface area (Å²) in [5.41, 5.74) is 0. The first kappa shape index (κ1) is 76.3. The minimum Gasteiger partial charge on any atom is -0.394 e. The summed E-state index contributed by atoms with van der Waals surface area (Å²) in [5.74, 6) is -0.282. The van der Waals surface area contributed by atoms with Gasteiger partial charge in [0.15, 0.2) is 12.6 Å². The summed E-state index contributed by atoms with van der Waals surface area (Å²) in [6.07, 6.45) is 56.3. The molecule has 0 bridgehead atoms. The maximum Gasteiger partial charge on any atom is 0.220 e. The Morgan fingerprint density at radius 2 is 0.831 bits per heavy atom. The molecule has 83 heavy (non-hydrogen) atoms. The summed E-state index contributed by atoms with van der Waals surface area (Å²) in [6, 6.07) is -0.945. The fourth-order valence-corrected chi connectivity index (χ4v) is 10.5. The molecule has 2 rings (SSSR count). The lowest BCUT2D eigenvalue weighted by Gasteiger charge is -2.46. The van der Waals surface area contributed by atoms with Crippen molar-refractivity contribution in [3.05, 3.63) is 85.1 Å². The second kappa shape index (κ2) is 53.4. The largest absolute Gasteiger partial charge is 0.394 e. The van der Waals surface area contributed by atoms with Crippen LogP contribution in [-0.4, -0.2) is 140 Å². The number of aliphatic hydroxyl groups excluding tert-OH is 8. The van der Waals surface area contributed by atoms with Crippen LogP contribution < -0.4 is 5.32 Å². The predicted octanol–water partition coefficient (Wildman–Crippen LogP) is 12.8. The third-order valence-corrected chi connectivity index (χ3v) is 15.8. The Morgan fingerprint density at radius 3 is 1.28 bits per heavy atom. The van der Waals surface area contributed by atoms with Gasteiger partial charge in [0.05, 0.1) is 32.0 Å². The Hall–Kier alpha value is -2.83. The molecule has 14 heteroatoms. The summed E-state index contributed by atoms with van der Waals surface area (Å²) >= 11 is 0. The molecule has 0 spiro atoms. The molecular weight excluding hydrogens is 1050 g/mol. The number of hydrogen-bond donors (Lipinski definition) is 9. The van der Waals surface area contributed by atoms with E-state index in [4.69, 9.17) is 18.9 Å². The zero-order valence-corrected chi connectivity index (χ0v) is 51.9. The van der Waals surface area contributed by atoms with E-state index >= 15 is 0 Å². The van der Waals surface area contributed by atoms with Gasteiger partial charge >= 0.3 is 0 Å². The average Bonchev–Trinajstić information content (AvgIpc) is 3.59. The van der Waals surface area contributed by atoms with Crippen molar-refractivity contribution in [2.75, 3.05) is 19.8 Å². The number of unbranched alkanes of at least 4 members (excludes halogenated alkanes) is 28. The van der Waals surface area contributed by atoms with E-state index in [1.165, 1.54) is 154 Å². The maximum atomic E-state index is 13.3. The number of hydrogen-bond acceptors (Lipinski definition) is 13. The number of amides is 1. The molecule has 2 fully saturated rings. The molecule has 2 saturated heterocycles. The first-order valence-electron chi connectivity index (χ1n) is 33.3. The first-order valence-corrected chi connectivity index (χ1v) is 33.3. The number of carbonyl (C=O) groups excluding carboxylic acids is 1. The van der Waals surface area contributed by atoms with Gasteiger partial charge < -0.3 is 65.1 Å². The van der Waals surface area contributed by atoms with Gasteiger partial charge in [-0.1, -0.05) is 259 Å². The van der Waals surface area contributed by atoms with Gasteiger partial charge in [0, 0.05) is 6.42 Å². The Bertz CT molecular complexity index is 1710. The van der Waals surface area contributed by atoms with E-state index in [0.29, 0.717) is 6.42 Å². The molecule has 0 saturated carbocycles. The number of allylic oxidation sites excluding steroid dienone is 13. The second-order valence-electron chi connectivity index (χ2n) is 23.2. The van der Waals surface area contributed by atoms with Crippen molar-refractivity contribution in [2.24, 2.45) is 0 Å². The van der Waals surface area contributed by atoms with Gasteiger partial charge in [-0.2, -0.15) is 0 Å². The maximum absolute atomic E-state index is 13.3. The van der Waals surface area contributed by atoms with Gasteiger partial charge in [0.2, 0.25) is 5.91 Å². The van der Waals surface area contributed by atoms with Crippen LogP contribution in [0.3, 0.4) is 0 Å². The molecule has 2 aliphatic heterocycles. The fraction of sp³-hybridized carbons (Fsp3) is 0.783. The smallest absolute Gasteiger partial charge is 0.220 e. The molecule has 14 nitrogen and oxygen atoms in total. The Balaban J connectivity index is 1.73. The third kappa shape index (κ3) is 38.1. The van der Waals surface area contributed by atoms with Crippen molar-refractivity contribution in [1.82, 2.24) is 5.32 Å². The lowest BCUT2D eigenvalue weighted by atomic mass is 9.97. The summed E-state index contributed by atoms with van der Waals surface area (Å²) < 4.78 is 22.8. The van der Waals surface area contributed by atoms with Crippen molar-refractivity contribution >= 4 is 5.91 Å². The molecule has 1 amide bonds. The highest BCUT2D eigenvalue weighted by Gasteiger charge is 2.51. The Morgan fingerprint density at radius 1 is 0.446 bits per heavy atom. The third-order valence-electron chi connectivity index (χ3n) is 15.8. The molecule has 0 aromatic heterocycles. The van der Waals surface area contributed by atoms with Crippen LogP contribution in [0.2, 0.25) is 0 Å². The number of rotatable bonds is 53. The van der Waals surface area contributed by atoms with E-state index in [0.717, 1.165) is 70.6 Å². The van der Waals surface area contributed by atoms with E-state index in [1.807, 2.05) is 6.08 Å². The van der Waals surface area contributed by atoms with Crippen molar-refractivity contribution in [1.29, 1.82) is 0 Å². The fourth-order valence-electron chi connectivity index (χ4n) is 10.5. The molecular formula is C69H121NO13. The highest BCUT2D eigenvalue weighted by molar-refractivity contribution is 5.76. The summed E-state index contributed by atoms with van der Waals surface area (Å²) in [6.45, 7) is 2.67. The zero-order chi connectivity index (χ0) is 60.2. The number of carbonyl (C=O) groups is 1. The molecule has 0 aromatic rings. The highest BCUT2D eigenvalue weighted by Crippen LogP contribution is 2.30. The van der Waals surface area contributed by atoms with Crippen molar-refractivity contribution in [2.45, 2.75) is 325 Å². The van der Waals surface area contributed by atoms with Crippen LogP contribution in [0.5, 0.6) is 0 Å². The molecule has 0 aliphatic carbocycles. The van der Waals surface area contributed by atoms with Crippen LogP contribution in [-0.2, 0) is 23.7 Å². The van der Waals surface area contributed by atoms with Gasteiger partial charge in [-0.15, -0.1) is 0 Å². The highest BCUT2D eigenvalue weighted by atomic mass is 16.7. The second-order valence-corrected chi connectivity index (χ2v) is 23.2. The topological polar surface area (TPSA) is 228 Å². The number of ether oxygens (including phenoxy) is 4. The van der Waals surface area contributed by atoms with Crippen molar-refractivity contribution < 1.29 is 64.6 Å². The van der Waals surface area contributed by atoms with Crippen LogP contribution >= 0.6 is 0 Å². The van der Waals surface area contributed by atoms with E-state index in [1.54, 1.807) is 6.08 Å². The lowest BCUT2D eigenvalue weighted by molar-refractivity contribution is -0.359. The number of nitrogens with one attached hydrogen (secondary N) is 1. The van der Waals surface area contributed by atoms with Gasteiger partial charge in [-0.3, -0.25) is 4.79 Å². The standard InChI is InChI=1S/C69H121NO13/c1-3-5-7-9-11-13-15-17-19-21-23-25-26-27-28-29-30-31-33-34-36-38-40-42-44-46-48-50-52-58(73)57(56-80-68-66(79)64(77)67(60(55-72)82-68)83-69-65(78)63(76)62(75)59(54-71)81-69)70-61(74)53-51-49-47-45-43-41-39-37-35-32-24-22-20-18-16-14-12-10-8-6-4-2/h6,8,12,14,18,20,24,32,37,39,43,45,50,52,57-60,62-69,71-73,75-79H,3-5,7,9-11,13,15-17,19,21-23,25-31,33-36,38,40-42,44,46-49,51,53-56H2,1-2H3,(H,70,74)/b8-6-,14-12-,20-18-,32-24-,39-37-,45-43-,52-50+. The molecule has 480 valence electrons. The molecule has 0 aromatic carbocycles. The molecule has 2 heterocycles. The van der Waals surface area contributed by atoms with Gasteiger partial charge in [-0.05, 0) is 70.6 Å². The minimum absolute atomic E-state index is 0.222. The van der Waals surface area contributed by atoms with Crippen LogP contribution in [0.15, 0.2) is 85.1 Å². The van der Waals surface area contributed by atoms with Gasteiger partial charge in [0.1, 0.15) is 48.8 Å². The van der Waals surface area contributed by atoms with Crippen LogP contribution in [0.25, 0.3) is 0 Å². The monoisotopic (exact) mass is 1170 g/mol. The predicted molar refractivity (Wildman–Crippen MR) is 336 cm³/mol. The minimum atomic E-state index is -1.80. The van der Waals surface area contributed by atoms with E-state index in [9.17, 15) is 45.6 Å². The molecule has 12 atom stereocenters. The van der Waals surface area contributed by atoms with Gasteiger partial charge in [0.25, 0.3) is 0 Å². The summed E-state index contributed by atoms with van der Waals surface area (Å²) in [4.78, 5) is 13.3. The zero-order valence-electron chi connectivity index (χ0n) is 51.9. The number of aliphatic hydroxyl groups is 8. The Kier molecular flexibility index (Phi) is 49.1. The van der Waals surface area contributed by atoms with E-state index in [-0.39, 0.29) is 18.9 Å². The quantitative estimate of drug-likeness (QED) is 0.0204. The van der Waals surface area contributed by atoms with Crippen LogP contribution in [0, 0.1) is 0 Å². The van der Waals surface area contributed by atoms with E-state index < -0.39 is 86.8 Å². The average molecular weight is 1170 g/mol. The normalized spacial score (nSPS) is 24.4. The van der Waals surface area contributed by atoms with Crippen molar-refractivity contribution in [3.63, 3.8) is 0 Å². The van der Waals surface area contributed by atoms with Gasteiger partial charge in [-0.25, -0.2) is 0 Å². The molecule has 0 radical (unpaired) electrons. The first-order chi connectivity index (χ1) is 40.6. The summed E-state index contributed by atoms with van der Waals surface area (Å²) in [5, 5.41) is 87.3.